The number of aromatic nitrogens is 2. The Morgan fingerprint density at radius 2 is 2.29 bits per heavy atom. The number of thioether (sulfide) groups is 1. The van der Waals surface area contributed by atoms with Crippen molar-refractivity contribution in [2.75, 3.05) is 17.2 Å². The van der Waals surface area contributed by atoms with Gasteiger partial charge in [0, 0.05) is 17.7 Å². The van der Waals surface area contributed by atoms with Gasteiger partial charge in [-0.2, -0.15) is 16.9 Å². The maximum absolute atomic E-state index is 12.0. The summed E-state index contributed by atoms with van der Waals surface area (Å²) in [7, 11) is 0. The lowest BCUT2D eigenvalue weighted by molar-refractivity contribution is 0.0937. The van der Waals surface area contributed by atoms with Gasteiger partial charge in [-0.3, -0.25) is 9.89 Å². The van der Waals surface area contributed by atoms with E-state index in [9.17, 15) is 4.79 Å². The van der Waals surface area contributed by atoms with E-state index in [2.05, 4.69) is 15.5 Å². The van der Waals surface area contributed by atoms with E-state index >= 15 is 0 Å². The van der Waals surface area contributed by atoms with Gasteiger partial charge in [0.1, 0.15) is 0 Å². The number of amides is 1. The molecule has 1 amide bonds. The van der Waals surface area contributed by atoms with Gasteiger partial charge in [0.2, 0.25) is 0 Å². The van der Waals surface area contributed by atoms with Crippen LogP contribution in [0.2, 0.25) is 0 Å². The van der Waals surface area contributed by atoms with Crippen LogP contribution >= 0.6 is 11.8 Å². The summed E-state index contributed by atoms with van der Waals surface area (Å²) in [6.07, 6.45) is 3.33. The summed E-state index contributed by atoms with van der Waals surface area (Å²) in [5, 5.41) is 9.94. The van der Waals surface area contributed by atoms with Crippen LogP contribution in [0.3, 0.4) is 0 Å². The average Bonchev–Trinajstić information content (AvgIpc) is 2.88. The monoisotopic (exact) mass is 252 g/mol. The number of hydrogen-bond acceptors (Lipinski definition) is 4. The van der Waals surface area contributed by atoms with Gasteiger partial charge in [-0.25, -0.2) is 0 Å². The van der Waals surface area contributed by atoms with Crippen molar-refractivity contribution in [1.82, 2.24) is 15.5 Å². The first-order chi connectivity index (χ1) is 8.25. The van der Waals surface area contributed by atoms with E-state index in [4.69, 9.17) is 5.73 Å². The molecule has 6 heteroatoms. The molecule has 2 heterocycles. The van der Waals surface area contributed by atoms with Gasteiger partial charge >= 0.3 is 0 Å². The molecule has 0 spiro atoms. The van der Waals surface area contributed by atoms with Crippen LogP contribution in [0.4, 0.5) is 5.69 Å². The van der Waals surface area contributed by atoms with Gasteiger partial charge in [-0.05, 0) is 25.0 Å². The number of nitrogens with one attached hydrogen (secondary N) is 2. The van der Waals surface area contributed by atoms with E-state index < -0.39 is 0 Å². The van der Waals surface area contributed by atoms with Crippen molar-refractivity contribution in [3.05, 3.63) is 11.4 Å². The first-order valence-corrected chi connectivity index (χ1v) is 7.13. The fourth-order valence-electron chi connectivity index (χ4n) is 2.12. The summed E-state index contributed by atoms with van der Waals surface area (Å²) in [6, 6.07) is 0.271. The fraction of sp³-hybridized carbons (Fsp3) is 0.636. The summed E-state index contributed by atoms with van der Waals surface area (Å²) < 4.78 is 0. The van der Waals surface area contributed by atoms with Crippen LogP contribution < -0.4 is 11.1 Å². The molecule has 0 aromatic carbocycles. The Morgan fingerprint density at radius 3 is 2.94 bits per heavy atom. The molecule has 2 aliphatic rings. The minimum Gasteiger partial charge on any atom is -0.395 e. The third-order valence-electron chi connectivity index (χ3n) is 3.30. The predicted octanol–water partition coefficient (Wildman–Crippen LogP) is 1.10. The molecule has 5 nitrogen and oxygen atoms in total. The van der Waals surface area contributed by atoms with Gasteiger partial charge in [-0.15, -0.1) is 0 Å². The molecule has 4 N–H and O–H groups in total. The number of aromatic amines is 1. The molecular formula is C11H16N4OS. The Bertz CT molecular complexity index is 435. The predicted molar refractivity (Wildman–Crippen MR) is 68.2 cm³/mol. The topological polar surface area (TPSA) is 83.8 Å². The maximum atomic E-state index is 12.0. The largest absolute Gasteiger partial charge is 0.395 e. The van der Waals surface area contributed by atoms with Crippen LogP contribution in [0, 0.1) is 0 Å². The van der Waals surface area contributed by atoms with Crippen LogP contribution in [0.1, 0.15) is 41.4 Å². The molecule has 1 saturated carbocycles. The number of carbonyl (C=O) groups excluding carboxylic acids is 1. The average molecular weight is 252 g/mol. The Morgan fingerprint density at radius 1 is 1.47 bits per heavy atom. The molecule has 2 fully saturated rings. The third-order valence-corrected chi connectivity index (χ3v) is 4.46. The van der Waals surface area contributed by atoms with Crippen LogP contribution in [0.15, 0.2) is 0 Å². The number of rotatable bonds is 3. The molecule has 1 aliphatic carbocycles. The van der Waals surface area contributed by atoms with E-state index in [1.807, 2.05) is 11.8 Å². The number of nitrogens with zero attached hydrogens (tertiary/aromatic N) is 1. The van der Waals surface area contributed by atoms with Crippen molar-refractivity contribution < 1.29 is 4.79 Å². The van der Waals surface area contributed by atoms with Crippen molar-refractivity contribution in [2.24, 2.45) is 0 Å². The summed E-state index contributed by atoms with van der Waals surface area (Å²) >= 11 is 1.87. The van der Waals surface area contributed by atoms with E-state index in [1.54, 1.807) is 0 Å². The van der Waals surface area contributed by atoms with Crippen LogP contribution in [-0.2, 0) is 0 Å². The van der Waals surface area contributed by atoms with Gasteiger partial charge in [-0.1, -0.05) is 0 Å². The lowest BCUT2D eigenvalue weighted by atomic mass is 10.2. The molecule has 1 atom stereocenters. The van der Waals surface area contributed by atoms with Crippen LogP contribution in [-0.4, -0.2) is 33.7 Å². The van der Waals surface area contributed by atoms with Crippen molar-refractivity contribution >= 4 is 23.4 Å². The highest BCUT2D eigenvalue weighted by Crippen LogP contribution is 2.42. The number of H-pyrrole nitrogens is 1. The van der Waals surface area contributed by atoms with Crippen molar-refractivity contribution in [2.45, 2.75) is 31.2 Å². The molecule has 1 saturated heterocycles. The molecule has 1 aromatic rings. The Balaban J connectivity index is 1.71. The van der Waals surface area contributed by atoms with E-state index in [1.165, 1.54) is 0 Å². The van der Waals surface area contributed by atoms with Gasteiger partial charge in [0.15, 0.2) is 5.69 Å². The van der Waals surface area contributed by atoms with Gasteiger partial charge in [0.05, 0.1) is 11.4 Å². The standard InChI is InChI=1S/C11H16N4OS/c12-8-9(6-1-2-6)14-15-10(8)11(16)13-7-3-4-17-5-7/h6-7H,1-5,12H2,(H,13,16)(H,14,15). The smallest absolute Gasteiger partial charge is 0.274 e. The van der Waals surface area contributed by atoms with Gasteiger partial charge < -0.3 is 11.1 Å². The molecule has 0 bridgehead atoms. The van der Waals surface area contributed by atoms with Crippen LogP contribution in [0.5, 0.6) is 0 Å². The first-order valence-electron chi connectivity index (χ1n) is 5.98. The minimum absolute atomic E-state index is 0.141. The zero-order valence-electron chi connectivity index (χ0n) is 9.53. The Kier molecular flexibility index (Phi) is 2.74. The molecule has 1 aromatic heterocycles. The molecular weight excluding hydrogens is 236 g/mol. The molecule has 17 heavy (non-hydrogen) atoms. The highest BCUT2D eigenvalue weighted by molar-refractivity contribution is 7.99. The fourth-order valence-corrected chi connectivity index (χ4v) is 3.27. The second-order valence-electron chi connectivity index (χ2n) is 4.71. The van der Waals surface area contributed by atoms with E-state index in [0.29, 0.717) is 17.3 Å². The zero-order chi connectivity index (χ0) is 11.8. The lowest BCUT2D eigenvalue weighted by Gasteiger charge is -2.09. The summed E-state index contributed by atoms with van der Waals surface area (Å²) in [6.45, 7) is 0. The van der Waals surface area contributed by atoms with Gasteiger partial charge in [0.25, 0.3) is 5.91 Å². The van der Waals surface area contributed by atoms with Crippen molar-refractivity contribution in [3.8, 4) is 0 Å². The van der Waals surface area contributed by atoms with E-state index in [-0.39, 0.29) is 11.9 Å². The summed E-state index contributed by atoms with van der Waals surface area (Å²) in [4.78, 5) is 12.0. The number of nitrogens with two attached hydrogens (primary N) is 1. The zero-order valence-corrected chi connectivity index (χ0v) is 10.3. The third kappa shape index (κ3) is 2.13. The molecule has 0 radical (unpaired) electrons. The Hall–Kier alpha value is -1.17. The Labute approximate surface area is 104 Å². The normalized spacial score (nSPS) is 23.9. The van der Waals surface area contributed by atoms with Crippen LogP contribution in [0.25, 0.3) is 0 Å². The second kappa shape index (κ2) is 4.25. The number of nitrogen functional groups attached to an aromatic ring is 1. The molecule has 3 rings (SSSR count). The highest BCUT2D eigenvalue weighted by atomic mass is 32.2. The summed E-state index contributed by atoms with van der Waals surface area (Å²) in [5.74, 6) is 2.46. The second-order valence-corrected chi connectivity index (χ2v) is 5.86. The van der Waals surface area contributed by atoms with Crippen molar-refractivity contribution in [1.29, 1.82) is 0 Å². The lowest BCUT2D eigenvalue weighted by Crippen LogP contribution is -2.35. The number of carbonyl (C=O) groups is 1. The van der Waals surface area contributed by atoms with E-state index in [0.717, 1.165) is 36.5 Å². The summed E-state index contributed by atoms with van der Waals surface area (Å²) in [5.41, 5.74) is 7.80. The quantitative estimate of drug-likeness (QED) is 0.752. The number of anilines is 1. The number of hydrogen-bond donors (Lipinski definition) is 3. The minimum atomic E-state index is -0.141. The molecule has 1 unspecified atom stereocenters. The van der Waals surface area contributed by atoms with Crippen molar-refractivity contribution in [3.63, 3.8) is 0 Å². The molecule has 1 aliphatic heterocycles. The molecule has 92 valence electrons. The maximum Gasteiger partial charge on any atom is 0.274 e. The first kappa shape index (κ1) is 11.0. The SMILES string of the molecule is Nc1c(C(=O)NC2CCSC2)n[nH]c1C1CC1. The highest BCUT2D eigenvalue weighted by Gasteiger charge is 2.30.